The van der Waals surface area contributed by atoms with Gasteiger partial charge in [0.1, 0.15) is 5.84 Å². The Kier molecular flexibility index (Phi) is 6.34. The van der Waals surface area contributed by atoms with Crippen LogP contribution < -0.4 is 11.1 Å². The van der Waals surface area contributed by atoms with Gasteiger partial charge in [0.2, 0.25) is 0 Å². The van der Waals surface area contributed by atoms with Crippen LogP contribution in [0.5, 0.6) is 0 Å². The van der Waals surface area contributed by atoms with Gasteiger partial charge in [-0.25, -0.2) is 0 Å². The lowest BCUT2D eigenvalue weighted by atomic mass is 9.80. The highest BCUT2D eigenvalue weighted by Gasteiger charge is 2.24. The number of hydrogen-bond acceptors (Lipinski definition) is 3. The van der Waals surface area contributed by atoms with Crippen LogP contribution in [0.4, 0.5) is 0 Å². The van der Waals surface area contributed by atoms with E-state index < -0.39 is 0 Å². The summed E-state index contributed by atoms with van der Waals surface area (Å²) in [6.45, 7) is 5.75. The highest BCUT2D eigenvalue weighted by Crippen LogP contribution is 2.28. The second-order valence-electron chi connectivity index (χ2n) is 5.50. The molecule has 1 rings (SSSR count). The molecule has 3 atom stereocenters. The molecule has 0 saturated heterocycles. The molecule has 4 heteroatoms. The van der Waals surface area contributed by atoms with Crippen LogP contribution in [-0.4, -0.2) is 23.6 Å². The third-order valence-corrected chi connectivity index (χ3v) is 3.83. The van der Waals surface area contributed by atoms with Gasteiger partial charge < -0.3 is 16.3 Å². The second-order valence-corrected chi connectivity index (χ2v) is 5.50. The second kappa shape index (κ2) is 7.54. The van der Waals surface area contributed by atoms with Crippen molar-refractivity contribution in [2.45, 2.75) is 58.4 Å². The number of oxime groups is 1. The first-order valence-corrected chi connectivity index (χ1v) is 6.83. The van der Waals surface area contributed by atoms with Crippen molar-refractivity contribution in [2.75, 3.05) is 6.54 Å². The van der Waals surface area contributed by atoms with Crippen LogP contribution in [0.3, 0.4) is 0 Å². The van der Waals surface area contributed by atoms with Crippen molar-refractivity contribution in [1.29, 1.82) is 0 Å². The SMILES string of the molecule is CC1CCC(NCCCCC(N)=NO)C(C)C1. The molecule has 0 aromatic carbocycles. The predicted octanol–water partition coefficient (Wildman–Crippen LogP) is 2.32. The fourth-order valence-electron chi connectivity index (χ4n) is 2.74. The first-order chi connectivity index (χ1) is 8.13. The number of amidine groups is 1. The standard InChI is InChI=1S/C13H27N3O/c1-10-6-7-12(11(2)9-10)15-8-4-3-5-13(14)16-17/h10-12,15,17H,3-9H2,1-2H3,(H2,14,16). The number of nitrogens with one attached hydrogen (secondary N) is 1. The van der Waals surface area contributed by atoms with Gasteiger partial charge in [-0.1, -0.05) is 19.0 Å². The van der Waals surface area contributed by atoms with E-state index in [1.54, 1.807) is 0 Å². The van der Waals surface area contributed by atoms with Crippen molar-refractivity contribution in [3.8, 4) is 0 Å². The molecule has 0 radical (unpaired) electrons. The Balaban J connectivity index is 2.06. The summed E-state index contributed by atoms with van der Waals surface area (Å²) in [4.78, 5) is 0. The summed E-state index contributed by atoms with van der Waals surface area (Å²) < 4.78 is 0. The molecule has 4 nitrogen and oxygen atoms in total. The van der Waals surface area contributed by atoms with E-state index >= 15 is 0 Å². The molecule has 0 amide bonds. The van der Waals surface area contributed by atoms with Gasteiger partial charge in [0, 0.05) is 12.5 Å². The molecule has 0 bridgehead atoms. The molecule has 0 aromatic rings. The molecule has 0 aliphatic heterocycles. The van der Waals surface area contributed by atoms with Gasteiger partial charge in [-0.15, -0.1) is 0 Å². The maximum atomic E-state index is 8.40. The number of nitrogens with zero attached hydrogens (tertiary/aromatic N) is 1. The summed E-state index contributed by atoms with van der Waals surface area (Å²) in [5.41, 5.74) is 5.41. The lowest BCUT2D eigenvalue weighted by Gasteiger charge is -2.33. The van der Waals surface area contributed by atoms with Crippen LogP contribution in [0.25, 0.3) is 0 Å². The lowest BCUT2D eigenvalue weighted by Crippen LogP contribution is -2.39. The van der Waals surface area contributed by atoms with Gasteiger partial charge in [-0.05, 0) is 50.5 Å². The van der Waals surface area contributed by atoms with Gasteiger partial charge in [0.15, 0.2) is 0 Å². The van der Waals surface area contributed by atoms with Gasteiger partial charge in [0.05, 0.1) is 0 Å². The van der Waals surface area contributed by atoms with E-state index in [1.807, 2.05) is 0 Å². The zero-order valence-electron chi connectivity index (χ0n) is 11.2. The van der Waals surface area contributed by atoms with E-state index in [2.05, 4.69) is 24.3 Å². The monoisotopic (exact) mass is 241 g/mol. The number of rotatable bonds is 6. The molecule has 0 spiro atoms. The Bertz CT molecular complexity index is 243. The Morgan fingerprint density at radius 2 is 2.12 bits per heavy atom. The minimum Gasteiger partial charge on any atom is -0.409 e. The van der Waals surface area contributed by atoms with E-state index in [0.29, 0.717) is 18.3 Å². The first-order valence-electron chi connectivity index (χ1n) is 6.83. The minimum absolute atomic E-state index is 0.338. The van der Waals surface area contributed by atoms with Crippen molar-refractivity contribution < 1.29 is 5.21 Å². The van der Waals surface area contributed by atoms with Crippen molar-refractivity contribution in [2.24, 2.45) is 22.7 Å². The Hall–Kier alpha value is -0.770. The van der Waals surface area contributed by atoms with Crippen molar-refractivity contribution >= 4 is 5.84 Å². The molecule has 1 fully saturated rings. The van der Waals surface area contributed by atoms with Gasteiger partial charge in [-0.3, -0.25) is 0 Å². The van der Waals surface area contributed by atoms with Crippen LogP contribution in [0.2, 0.25) is 0 Å². The summed E-state index contributed by atoms with van der Waals surface area (Å²) in [6, 6.07) is 0.690. The van der Waals surface area contributed by atoms with Crippen LogP contribution >= 0.6 is 0 Å². The quantitative estimate of drug-likeness (QED) is 0.220. The average Bonchev–Trinajstić information content (AvgIpc) is 2.30. The van der Waals surface area contributed by atoms with Gasteiger partial charge in [0.25, 0.3) is 0 Å². The maximum Gasteiger partial charge on any atom is 0.139 e. The van der Waals surface area contributed by atoms with Gasteiger partial charge in [-0.2, -0.15) is 0 Å². The smallest absolute Gasteiger partial charge is 0.139 e. The fourth-order valence-corrected chi connectivity index (χ4v) is 2.74. The third kappa shape index (κ3) is 5.39. The van der Waals surface area contributed by atoms with Crippen LogP contribution in [0.15, 0.2) is 5.16 Å². The fraction of sp³-hybridized carbons (Fsp3) is 0.923. The molecule has 4 N–H and O–H groups in total. The molecule has 17 heavy (non-hydrogen) atoms. The van der Waals surface area contributed by atoms with E-state index in [-0.39, 0.29) is 0 Å². The third-order valence-electron chi connectivity index (χ3n) is 3.83. The van der Waals surface area contributed by atoms with E-state index in [0.717, 1.165) is 31.2 Å². The molecule has 1 aliphatic rings. The normalized spacial score (nSPS) is 30.5. The Morgan fingerprint density at radius 1 is 1.35 bits per heavy atom. The first kappa shape index (κ1) is 14.3. The highest BCUT2D eigenvalue weighted by molar-refractivity contribution is 5.79. The van der Waals surface area contributed by atoms with Crippen molar-refractivity contribution in [1.82, 2.24) is 5.32 Å². The number of unbranched alkanes of at least 4 members (excludes halogenated alkanes) is 1. The zero-order chi connectivity index (χ0) is 12.7. The van der Waals surface area contributed by atoms with Crippen LogP contribution in [0, 0.1) is 11.8 Å². The van der Waals surface area contributed by atoms with Crippen LogP contribution in [-0.2, 0) is 0 Å². The molecule has 1 saturated carbocycles. The molecule has 0 heterocycles. The number of hydrogen-bond donors (Lipinski definition) is 3. The largest absolute Gasteiger partial charge is 0.409 e. The molecule has 1 aliphatic carbocycles. The molecular weight excluding hydrogens is 214 g/mol. The van der Waals surface area contributed by atoms with Gasteiger partial charge >= 0.3 is 0 Å². The average molecular weight is 241 g/mol. The Labute approximate surface area is 105 Å². The summed E-state index contributed by atoms with van der Waals surface area (Å²) in [5.74, 6) is 2.02. The summed E-state index contributed by atoms with van der Waals surface area (Å²) >= 11 is 0. The van der Waals surface area contributed by atoms with Crippen molar-refractivity contribution in [3.05, 3.63) is 0 Å². The molecule has 0 aromatic heterocycles. The lowest BCUT2D eigenvalue weighted by molar-refractivity contribution is 0.228. The van der Waals surface area contributed by atoms with Crippen molar-refractivity contribution in [3.63, 3.8) is 0 Å². The van der Waals surface area contributed by atoms with E-state index in [4.69, 9.17) is 10.9 Å². The summed E-state index contributed by atoms with van der Waals surface area (Å²) in [5, 5.41) is 15.0. The summed E-state index contributed by atoms with van der Waals surface area (Å²) in [7, 11) is 0. The highest BCUT2D eigenvalue weighted by atomic mass is 16.4. The zero-order valence-corrected chi connectivity index (χ0v) is 11.2. The molecule has 3 unspecified atom stereocenters. The van der Waals surface area contributed by atoms with E-state index in [9.17, 15) is 0 Å². The summed E-state index contributed by atoms with van der Waals surface area (Å²) in [6.07, 6.45) is 6.78. The predicted molar refractivity (Wildman–Crippen MR) is 71.2 cm³/mol. The molecule has 100 valence electrons. The maximum absolute atomic E-state index is 8.40. The minimum atomic E-state index is 0.338. The van der Waals surface area contributed by atoms with E-state index in [1.165, 1.54) is 19.3 Å². The number of nitrogens with two attached hydrogens (primary N) is 1. The topological polar surface area (TPSA) is 70.6 Å². The Morgan fingerprint density at radius 3 is 2.76 bits per heavy atom. The molecular formula is C13H27N3O. The van der Waals surface area contributed by atoms with Crippen LogP contribution in [0.1, 0.15) is 52.4 Å².